The fraction of sp³-hybridized carbons (Fsp3) is 0.857. The maximum absolute atomic E-state index is 12.9. The Balaban J connectivity index is 0.928. The van der Waals surface area contributed by atoms with Crippen LogP contribution in [0, 0.1) is 11.3 Å². The van der Waals surface area contributed by atoms with Gasteiger partial charge in [-0.1, -0.05) is 13.3 Å². The molecule has 2 saturated heterocycles. The number of aromatic amines is 1. The van der Waals surface area contributed by atoms with E-state index in [0.29, 0.717) is 23.3 Å². The van der Waals surface area contributed by atoms with Crippen molar-refractivity contribution >= 4 is 18.2 Å². The molecule has 2 amide bonds. The maximum atomic E-state index is 12.9. The molecular formula is C21H33N7OS. The summed E-state index contributed by atoms with van der Waals surface area (Å²) in [5, 5.41) is 8.81. The Bertz CT molecular complexity index is 789. The van der Waals surface area contributed by atoms with Gasteiger partial charge in [-0.2, -0.15) is 0 Å². The van der Waals surface area contributed by atoms with Crippen molar-refractivity contribution in [1.29, 1.82) is 0 Å². The number of nitrogens with one attached hydrogen (secondary N) is 2. The van der Waals surface area contributed by atoms with Gasteiger partial charge in [0.1, 0.15) is 11.6 Å². The molecule has 3 aliphatic carbocycles. The minimum atomic E-state index is 0.240. The predicted molar refractivity (Wildman–Crippen MR) is 116 cm³/mol. The topological polar surface area (TPSA) is 80.4 Å². The van der Waals surface area contributed by atoms with E-state index in [0.717, 1.165) is 69.7 Å². The minimum absolute atomic E-state index is 0.240. The first-order chi connectivity index (χ1) is 14.6. The largest absolute Gasteiger partial charge is 0.328 e. The van der Waals surface area contributed by atoms with Gasteiger partial charge < -0.3 is 14.8 Å². The van der Waals surface area contributed by atoms with Crippen LogP contribution in [0.4, 0.5) is 4.79 Å². The monoisotopic (exact) mass is 431 g/mol. The van der Waals surface area contributed by atoms with Gasteiger partial charge in [-0.3, -0.25) is 0 Å². The number of nitrogens with zero attached hydrogens (tertiary/aromatic N) is 5. The molecule has 1 spiro atoms. The van der Waals surface area contributed by atoms with Crippen LogP contribution in [0.3, 0.4) is 0 Å². The Morgan fingerprint density at radius 2 is 1.73 bits per heavy atom. The van der Waals surface area contributed by atoms with E-state index in [1.54, 1.807) is 12.1 Å². The molecule has 5 fully saturated rings. The zero-order valence-corrected chi connectivity index (χ0v) is 18.7. The van der Waals surface area contributed by atoms with Crippen LogP contribution in [0.2, 0.25) is 0 Å². The molecule has 30 heavy (non-hydrogen) atoms. The van der Waals surface area contributed by atoms with E-state index < -0.39 is 0 Å². The first-order valence-electron chi connectivity index (χ1n) is 11.7. The SMILES string of the molecule is CC1CC1NSN1CCN(C(=O)N2CC3(CC(c4nnc(C5CCC5)[nH]4)C3)C2)CC1. The molecule has 8 nitrogen and oxygen atoms in total. The molecule has 1 aromatic heterocycles. The molecule has 3 saturated carbocycles. The molecule has 0 aromatic carbocycles. The zero-order valence-electron chi connectivity index (χ0n) is 17.8. The average molecular weight is 432 g/mol. The van der Waals surface area contributed by atoms with Gasteiger partial charge in [0.2, 0.25) is 0 Å². The van der Waals surface area contributed by atoms with Gasteiger partial charge in [0.25, 0.3) is 0 Å². The van der Waals surface area contributed by atoms with Crippen molar-refractivity contribution < 1.29 is 4.79 Å². The molecule has 164 valence electrons. The minimum Gasteiger partial charge on any atom is -0.328 e. The van der Waals surface area contributed by atoms with Crippen LogP contribution in [0.1, 0.15) is 68.9 Å². The maximum Gasteiger partial charge on any atom is 0.320 e. The van der Waals surface area contributed by atoms with Crippen LogP contribution in [0.25, 0.3) is 0 Å². The number of aromatic nitrogens is 3. The highest BCUT2D eigenvalue weighted by Crippen LogP contribution is 2.55. The fourth-order valence-corrected chi connectivity index (χ4v) is 6.43. The highest BCUT2D eigenvalue weighted by Gasteiger charge is 2.55. The summed E-state index contributed by atoms with van der Waals surface area (Å²) in [6.45, 7) is 7.69. The third-order valence-corrected chi connectivity index (χ3v) is 9.07. The Labute approximate surface area is 182 Å². The number of amides is 2. The first kappa shape index (κ1) is 19.4. The lowest BCUT2D eigenvalue weighted by Crippen LogP contribution is -2.66. The van der Waals surface area contributed by atoms with Crippen molar-refractivity contribution in [3.63, 3.8) is 0 Å². The fourth-order valence-electron chi connectivity index (χ4n) is 5.47. The van der Waals surface area contributed by atoms with Crippen molar-refractivity contribution in [2.75, 3.05) is 39.3 Å². The number of H-pyrrole nitrogens is 1. The predicted octanol–water partition coefficient (Wildman–Crippen LogP) is 2.55. The van der Waals surface area contributed by atoms with Gasteiger partial charge >= 0.3 is 6.03 Å². The second-order valence-corrected chi connectivity index (χ2v) is 11.3. The van der Waals surface area contributed by atoms with Gasteiger partial charge in [-0.15, -0.1) is 10.2 Å². The Kier molecular flexibility index (Phi) is 4.76. The lowest BCUT2D eigenvalue weighted by Gasteiger charge is -2.59. The Morgan fingerprint density at radius 3 is 2.33 bits per heavy atom. The molecule has 0 radical (unpaired) electrons. The van der Waals surface area contributed by atoms with Crippen molar-refractivity contribution in [3.05, 3.63) is 11.6 Å². The van der Waals surface area contributed by atoms with Crippen LogP contribution >= 0.6 is 12.1 Å². The number of urea groups is 1. The Morgan fingerprint density at radius 1 is 1.07 bits per heavy atom. The summed E-state index contributed by atoms with van der Waals surface area (Å²) in [6.07, 6.45) is 7.41. The summed E-state index contributed by atoms with van der Waals surface area (Å²) in [6, 6.07) is 0.921. The number of carbonyl (C=O) groups is 1. The highest BCUT2D eigenvalue weighted by atomic mass is 32.2. The summed E-state index contributed by atoms with van der Waals surface area (Å²) < 4.78 is 5.90. The summed E-state index contributed by atoms with van der Waals surface area (Å²) in [5.41, 5.74) is 0.340. The van der Waals surface area contributed by atoms with Gasteiger partial charge in [0, 0.05) is 74.7 Å². The number of carbonyl (C=O) groups excluding carboxylic acids is 1. The lowest BCUT2D eigenvalue weighted by atomic mass is 9.57. The van der Waals surface area contributed by atoms with E-state index in [9.17, 15) is 4.79 Å². The van der Waals surface area contributed by atoms with E-state index >= 15 is 0 Å². The van der Waals surface area contributed by atoms with Crippen LogP contribution in [-0.4, -0.2) is 80.6 Å². The molecule has 2 unspecified atom stereocenters. The van der Waals surface area contributed by atoms with Crippen molar-refractivity contribution in [2.45, 2.75) is 63.3 Å². The lowest BCUT2D eigenvalue weighted by molar-refractivity contribution is -0.0572. The van der Waals surface area contributed by atoms with E-state index in [4.69, 9.17) is 0 Å². The molecule has 2 aliphatic heterocycles. The van der Waals surface area contributed by atoms with Crippen LogP contribution in [0.15, 0.2) is 0 Å². The van der Waals surface area contributed by atoms with Gasteiger partial charge in [0.15, 0.2) is 0 Å². The third kappa shape index (κ3) is 3.52. The average Bonchev–Trinajstić information content (AvgIpc) is 3.15. The van der Waals surface area contributed by atoms with Gasteiger partial charge in [-0.05, 0) is 38.0 Å². The van der Waals surface area contributed by atoms with Crippen LogP contribution in [-0.2, 0) is 0 Å². The van der Waals surface area contributed by atoms with Gasteiger partial charge in [0.05, 0.1) is 0 Å². The van der Waals surface area contributed by atoms with Crippen molar-refractivity contribution in [1.82, 2.24) is 34.0 Å². The summed E-state index contributed by atoms with van der Waals surface area (Å²) in [7, 11) is 0. The molecular weight excluding hydrogens is 398 g/mol. The third-order valence-electron chi connectivity index (χ3n) is 8.03. The van der Waals surface area contributed by atoms with Gasteiger partial charge in [-0.25, -0.2) is 13.8 Å². The number of hydrogen-bond donors (Lipinski definition) is 2. The smallest absolute Gasteiger partial charge is 0.320 e. The number of likely N-dealkylation sites (tertiary alicyclic amines) is 1. The molecule has 1 aromatic rings. The second kappa shape index (κ2) is 7.38. The van der Waals surface area contributed by atoms with Crippen LogP contribution < -0.4 is 4.72 Å². The molecule has 2 N–H and O–H groups in total. The second-order valence-electron chi connectivity index (χ2n) is 10.4. The molecule has 3 heterocycles. The van der Waals surface area contributed by atoms with E-state index in [1.807, 2.05) is 4.90 Å². The first-order valence-corrected chi connectivity index (χ1v) is 12.5. The number of hydrogen-bond acceptors (Lipinski definition) is 6. The molecule has 0 bridgehead atoms. The van der Waals surface area contributed by atoms with Crippen molar-refractivity contribution in [3.8, 4) is 0 Å². The quantitative estimate of drug-likeness (QED) is 0.698. The molecule has 5 aliphatic rings. The molecule has 2 atom stereocenters. The number of rotatable bonds is 5. The molecule has 6 rings (SSSR count). The summed E-state index contributed by atoms with van der Waals surface area (Å²) in [4.78, 5) is 20.5. The van der Waals surface area contributed by atoms with E-state index in [1.165, 1.54) is 25.7 Å². The van der Waals surface area contributed by atoms with E-state index in [-0.39, 0.29) is 6.03 Å². The molecule has 9 heteroatoms. The summed E-state index contributed by atoms with van der Waals surface area (Å²) in [5.74, 6) is 4.12. The normalized spacial score (nSPS) is 31.4. The Hall–Kier alpha value is -1.32. The number of piperazine rings is 1. The summed E-state index contributed by atoms with van der Waals surface area (Å²) >= 11 is 1.75. The van der Waals surface area contributed by atoms with Crippen LogP contribution in [0.5, 0.6) is 0 Å². The van der Waals surface area contributed by atoms with E-state index in [2.05, 4.69) is 36.0 Å². The highest BCUT2D eigenvalue weighted by molar-refractivity contribution is 7.95. The zero-order chi connectivity index (χ0) is 20.3. The standard InChI is InChI=1S/C21H33N7OS/c1-14-9-17(14)25-30-28-7-5-26(6-8-28)20(29)27-12-21(13-27)10-16(11-21)19-22-18(23-24-19)15-3-2-4-15/h14-17,25H,2-13H2,1H3,(H,22,23,24). The van der Waals surface area contributed by atoms with Crippen molar-refractivity contribution in [2.24, 2.45) is 11.3 Å².